The minimum Gasteiger partial charge on any atom is -0.368 e. The molecule has 4 rings (SSSR count). The molecular weight excluding hydrogens is 435 g/mol. The summed E-state index contributed by atoms with van der Waals surface area (Å²) in [4.78, 5) is 7.99. The van der Waals surface area contributed by atoms with Crippen LogP contribution in [0.4, 0.5) is 30.7 Å². The Morgan fingerprint density at radius 2 is 1.77 bits per heavy atom. The van der Waals surface area contributed by atoms with Crippen LogP contribution in [0.15, 0.2) is 22.2 Å². The third-order valence-corrected chi connectivity index (χ3v) is 5.76. The number of alkyl halides is 7. The van der Waals surface area contributed by atoms with Gasteiger partial charge in [-0.15, -0.1) is 0 Å². The first-order chi connectivity index (χ1) is 14.3. The topological polar surface area (TPSA) is 92.6 Å². The molecule has 0 aromatic carbocycles. The van der Waals surface area contributed by atoms with Crippen LogP contribution in [0, 0.1) is 5.92 Å². The maximum Gasteiger partial charge on any atom is 0.435 e. The molecule has 172 valence electrons. The van der Waals surface area contributed by atoms with E-state index in [4.69, 9.17) is 5.73 Å². The first kappa shape index (κ1) is 21.7. The van der Waals surface area contributed by atoms with Gasteiger partial charge in [0.2, 0.25) is 29.6 Å². The van der Waals surface area contributed by atoms with E-state index in [-0.39, 0.29) is 25.2 Å². The van der Waals surface area contributed by atoms with Gasteiger partial charge in [0.1, 0.15) is 0 Å². The minimum atomic E-state index is -4.76. The van der Waals surface area contributed by atoms with Crippen LogP contribution in [0.2, 0.25) is 0 Å². The van der Waals surface area contributed by atoms with E-state index in [0.717, 1.165) is 10.9 Å². The van der Waals surface area contributed by atoms with Crippen LogP contribution in [0.5, 0.6) is 0 Å². The normalized spacial score (nSPS) is 32.4. The molecule has 0 spiro atoms. The Kier molecular flexibility index (Phi) is 4.89. The van der Waals surface area contributed by atoms with Gasteiger partial charge in [0.05, 0.1) is 0 Å². The van der Waals surface area contributed by atoms with Crippen molar-refractivity contribution in [2.24, 2.45) is 21.6 Å². The zero-order valence-corrected chi connectivity index (χ0v) is 16.1. The number of nitrogens with two attached hydrogens (primary N) is 1. The largest absolute Gasteiger partial charge is 0.435 e. The molecule has 31 heavy (non-hydrogen) atoms. The van der Waals surface area contributed by atoms with E-state index in [2.05, 4.69) is 25.7 Å². The molecule has 2 aliphatic carbocycles. The van der Waals surface area contributed by atoms with Crippen molar-refractivity contribution in [3.63, 3.8) is 0 Å². The predicted octanol–water partition coefficient (Wildman–Crippen LogP) is 3.00. The first-order valence-corrected chi connectivity index (χ1v) is 9.66. The van der Waals surface area contributed by atoms with Gasteiger partial charge in [-0.2, -0.15) is 23.3 Å². The van der Waals surface area contributed by atoms with E-state index in [9.17, 15) is 30.7 Å². The van der Waals surface area contributed by atoms with E-state index in [1.54, 1.807) is 0 Å². The summed E-state index contributed by atoms with van der Waals surface area (Å²) in [6.07, 6.45) is -5.72. The van der Waals surface area contributed by atoms with Gasteiger partial charge in [0.15, 0.2) is 5.69 Å². The molecule has 7 nitrogen and oxygen atoms in total. The Labute approximate surface area is 172 Å². The number of halogens is 7. The second kappa shape index (κ2) is 6.99. The fraction of sp³-hybridized carbons (Fsp3) is 0.706. The van der Waals surface area contributed by atoms with E-state index in [1.165, 1.54) is 0 Å². The van der Waals surface area contributed by atoms with Crippen molar-refractivity contribution < 1.29 is 30.7 Å². The van der Waals surface area contributed by atoms with Crippen LogP contribution in [-0.2, 0) is 12.0 Å². The lowest BCUT2D eigenvalue weighted by Crippen LogP contribution is -2.61. The Balaban J connectivity index is 1.68. The van der Waals surface area contributed by atoms with Crippen LogP contribution < -0.4 is 16.4 Å². The lowest BCUT2D eigenvalue weighted by Gasteiger charge is -2.39. The van der Waals surface area contributed by atoms with Crippen molar-refractivity contribution >= 4 is 11.9 Å². The van der Waals surface area contributed by atoms with Crippen LogP contribution >= 0.6 is 0 Å². The highest BCUT2D eigenvalue weighted by Gasteiger charge is 2.54. The summed E-state index contributed by atoms with van der Waals surface area (Å²) in [5, 5.41) is 9.01. The summed E-state index contributed by atoms with van der Waals surface area (Å²) in [5.41, 5.74) is 4.54. The van der Waals surface area contributed by atoms with Crippen LogP contribution in [-0.4, -0.2) is 39.6 Å². The Bertz CT molecular complexity index is 907. The summed E-state index contributed by atoms with van der Waals surface area (Å²) in [5.74, 6) is -9.34. The van der Waals surface area contributed by atoms with Crippen molar-refractivity contribution in [2.45, 2.75) is 68.4 Å². The van der Waals surface area contributed by atoms with E-state index >= 15 is 0 Å². The van der Waals surface area contributed by atoms with Gasteiger partial charge in [-0.3, -0.25) is 0 Å². The second-order valence-corrected chi connectivity index (χ2v) is 8.16. The standard InChI is InChI=1S/C17H20F7N7/c18-14(19)4-1-9(7-14)17(31-6-3-11(30-31)16(22,23)24)28-12(25)27-13(29-17)26-10-2-5-15(20,21)8-10/h3,6,9-10H,1-2,4-5,7-8H2,(H4,25,26,27,28,29). The highest BCUT2D eigenvalue weighted by molar-refractivity contribution is 5.96. The molecular formula is C17H20F7N7. The molecule has 1 aromatic heterocycles. The van der Waals surface area contributed by atoms with E-state index in [1.807, 2.05) is 0 Å². The number of hydrogen-bond acceptors (Lipinski definition) is 6. The molecule has 14 heteroatoms. The highest BCUT2D eigenvalue weighted by Crippen LogP contribution is 2.47. The molecule has 4 N–H and O–H groups in total. The number of aliphatic imine (C=N–C) groups is 2. The summed E-state index contributed by atoms with van der Waals surface area (Å²) in [7, 11) is 0. The smallest absolute Gasteiger partial charge is 0.368 e. The summed E-state index contributed by atoms with van der Waals surface area (Å²) >= 11 is 0. The lowest BCUT2D eigenvalue weighted by molar-refractivity contribution is -0.142. The van der Waals surface area contributed by atoms with Gasteiger partial charge in [0.25, 0.3) is 0 Å². The molecule has 2 heterocycles. The average Bonchev–Trinajstić information content (AvgIpc) is 3.32. The third-order valence-electron chi connectivity index (χ3n) is 5.76. The minimum absolute atomic E-state index is 0.0766. The molecule has 2 saturated carbocycles. The predicted molar refractivity (Wildman–Crippen MR) is 95.4 cm³/mol. The van der Waals surface area contributed by atoms with Gasteiger partial charge in [-0.05, 0) is 18.9 Å². The number of nitrogens with zero attached hydrogens (tertiary/aromatic N) is 4. The molecule has 3 atom stereocenters. The van der Waals surface area contributed by atoms with Gasteiger partial charge < -0.3 is 16.4 Å². The van der Waals surface area contributed by atoms with Crippen LogP contribution in [0.25, 0.3) is 0 Å². The molecule has 1 aliphatic heterocycles. The van der Waals surface area contributed by atoms with Gasteiger partial charge in [-0.25, -0.2) is 27.2 Å². The van der Waals surface area contributed by atoms with Gasteiger partial charge >= 0.3 is 6.18 Å². The zero-order chi connectivity index (χ0) is 22.7. The number of hydrogen-bond donors (Lipinski definition) is 3. The van der Waals surface area contributed by atoms with Crippen molar-refractivity contribution in [3.8, 4) is 0 Å². The monoisotopic (exact) mass is 455 g/mol. The van der Waals surface area contributed by atoms with Gasteiger partial charge in [-0.1, -0.05) is 0 Å². The second-order valence-electron chi connectivity index (χ2n) is 8.16. The molecule has 2 fully saturated rings. The quantitative estimate of drug-likeness (QED) is 0.611. The first-order valence-electron chi connectivity index (χ1n) is 9.66. The molecule has 3 aliphatic rings. The SMILES string of the molecule is NC1=NC(C2CCC(F)(F)C2)(n2ccc(C(F)(F)F)n2)NC(NC2CCC(F)(F)C2)=N1. The molecule has 3 unspecified atom stereocenters. The molecule has 0 amide bonds. The number of nitrogens with one attached hydrogen (secondary N) is 2. The summed E-state index contributed by atoms with van der Waals surface area (Å²) < 4.78 is 95.2. The molecule has 0 saturated heterocycles. The van der Waals surface area contributed by atoms with E-state index in [0.29, 0.717) is 6.07 Å². The number of guanidine groups is 2. The number of aromatic nitrogens is 2. The molecule has 0 bridgehead atoms. The third kappa shape index (κ3) is 4.28. The Hall–Kier alpha value is -2.54. The Morgan fingerprint density at radius 1 is 1.10 bits per heavy atom. The maximum absolute atomic E-state index is 14.0. The molecule has 1 aromatic rings. The summed E-state index contributed by atoms with van der Waals surface area (Å²) in [6, 6.07) is 0.0109. The van der Waals surface area contributed by atoms with Crippen LogP contribution in [0.3, 0.4) is 0 Å². The van der Waals surface area contributed by atoms with E-state index < -0.39 is 66.7 Å². The Morgan fingerprint density at radius 3 is 2.32 bits per heavy atom. The average molecular weight is 455 g/mol. The maximum atomic E-state index is 14.0. The fourth-order valence-electron chi connectivity index (χ4n) is 4.33. The highest BCUT2D eigenvalue weighted by atomic mass is 19.4. The fourth-order valence-corrected chi connectivity index (χ4v) is 4.33. The lowest BCUT2D eigenvalue weighted by atomic mass is 9.98. The number of rotatable bonds is 3. The van der Waals surface area contributed by atoms with Crippen molar-refractivity contribution in [2.75, 3.05) is 0 Å². The van der Waals surface area contributed by atoms with Crippen LogP contribution in [0.1, 0.15) is 44.2 Å². The summed E-state index contributed by atoms with van der Waals surface area (Å²) in [6.45, 7) is 0. The molecule has 0 radical (unpaired) electrons. The van der Waals surface area contributed by atoms with Crippen molar-refractivity contribution in [3.05, 3.63) is 18.0 Å². The zero-order valence-electron chi connectivity index (χ0n) is 16.1. The van der Waals surface area contributed by atoms with Gasteiger partial charge in [0, 0.05) is 43.8 Å². The van der Waals surface area contributed by atoms with Crippen molar-refractivity contribution in [1.29, 1.82) is 0 Å². The van der Waals surface area contributed by atoms with Crippen molar-refractivity contribution in [1.82, 2.24) is 20.4 Å².